The van der Waals surface area contributed by atoms with E-state index in [1.165, 1.54) is 5.56 Å². The van der Waals surface area contributed by atoms with E-state index >= 15 is 0 Å². The van der Waals surface area contributed by atoms with Crippen LogP contribution in [-0.4, -0.2) is 63.0 Å². The van der Waals surface area contributed by atoms with E-state index in [-0.39, 0.29) is 6.04 Å². The van der Waals surface area contributed by atoms with Gasteiger partial charge in [0.05, 0.1) is 38.6 Å². The zero-order valence-electron chi connectivity index (χ0n) is 18.4. The van der Waals surface area contributed by atoms with Gasteiger partial charge in [-0.3, -0.25) is 9.89 Å². The van der Waals surface area contributed by atoms with Crippen LogP contribution in [0.15, 0.2) is 39.8 Å². The van der Waals surface area contributed by atoms with E-state index in [0.29, 0.717) is 12.5 Å². The van der Waals surface area contributed by atoms with E-state index in [2.05, 4.69) is 51.7 Å². The molecule has 30 heavy (non-hydrogen) atoms. The van der Waals surface area contributed by atoms with Crippen molar-refractivity contribution in [2.45, 2.75) is 32.4 Å². The minimum absolute atomic E-state index is 0.205. The molecular formula is C22H33N5O3. The summed E-state index contributed by atoms with van der Waals surface area (Å²) in [6.45, 7) is 8.76. The number of aliphatic imine (C=N–C) groups is 1. The van der Waals surface area contributed by atoms with Gasteiger partial charge in [0.1, 0.15) is 5.75 Å². The Labute approximate surface area is 178 Å². The summed E-state index contributed by atoms with van der Waals surface area (Å²) in [5.41, 5.74) is 2.19. The van der Waals surface area contributed by atoms with Gasteiger partial charge in [0.15, 0.2) is 11.7 Å². The lowest BCUT2D eigenvalue weighted by atomic mass is 10.0. The smallest absolute Gasteiger partial charge is 0.191 e. The van der Waals surface area contributed by atoms with Crippen molar-refractivity contribution in [2.24, 2.45) is 4.99 Å². The molecule has 1 aromatic carbocycles. The second kappa shape index (κ2) is 11.0. The molecule has 164 valence electrons. The van der Waals surface area contributed by atoms with E-state index in [4.69, 9.17) is 14.0 Å². The van der Waals surface area contributed by atoms with Crippen LogP contribution in [0, 0.1) is 0 Å². The Kier molecular flexibility index (Phi) is 8.10. The van der Waals surface area contributed by atoms with Crippen molar-refractivity contribution in [2.75, 3.05) is 47.0 Å². The predicted molar refractivity (Wildman–Crippen MR) is 117 cm³/mol. The van der Waals surface area contributed by atoms with Gasteiger partial charge in [-0.05, 0) is 23.6 Å². The van der Waals surface area contributed by atoms with Crippen LogP contribution < -0.4 is 15.4 Å². The van der Waals surface area contributed by atoms with E-state index in [9.17, 15) is 0 Å². The maximum Gasteiger partial charge on any atom is 0.191 e. The lowest BCUT2D eigenvalue weighted by Gasteiger charge is -2.35. The molecule has 0 saturated carbocycles. The first-order valence-corrected chi connectivity index (χ1v) is 10.5. The Morgan fingerprint density at radius 1 is 1.20 bits per heavy atom. The van der Waals surface area contributed by atoms with Crippen LogP contribution in [0.25, 0.3) is 0 Å². The Balaban J connectivity index is 1.62. The molecule has 1 aliphatic heterocycles. The maximum atomic E-state index is 5.54. The molecule has 1 saturated heterocycles. The SMILES string of the molecule is CN=C(NCc1cc(C(C)C)no1)NCC(c1ccc(OC)cc1)N1CCOCC1. The molecule has 0 aliphatic carbocycles. The Bertz CT molecular complexity index is 797. The molecule has 1 aliphatic rings. The normalized spacial score (nSPS) is 16.5. The minimum atomic E-state index is 0.205. The van der Waals surface area contributed by atoms with Gasteiger partial charge in [-0.2, -0.15) is 0 Å². The third-order valence-corrected chi connectivity index (χ3v) is 5.27. The number of ether oxygens (including phenoxy) is 2. The number of guanidine groups is 1. The average molecular weight is 416 g/mol. The van der Waals surface area contributed by atoms with Gasteiger partial charge in [0, 0.05) is 32.7 Å². The fraction of sp³-hybridized carbons (Fsp3) is 0.545. The molecule has 8 heteroatoms. The zero-order valence-corrected chi connectivity index (χ0v) is 18.4. The summed E-state index contributed by atoms with van der Waals surface area (Å²) < 4.78 is 16.3. The third-order valence-electron chi connectivity index (χ3n) is 5.27. The third kappa shape index (κ3) is 5.96. The van der Waals surface area contributed by atoms with Gasteiger partial charge in [0.2, 0.25) is 0 Å². The highest BCUT2D eigenvalue weighted by Gasteiger charge is 2.23. The van der Waals surface area contributed by atoms with Crippen molar-refractivity contribution in [3.63, 3.8) is 0 Å². The highest BCUT2D eigenvalue weighted by atomic mass is 16.5. The zero-order chi connectivity index (χ0) is 21.3. The fourth-order valence-corrected chi connectivity index (χ4v) is 3.44. The van der Waals surface area contributed by atoms with Gasteiger partial charge < -0.3 is 24.6 Å². The summed E-state index contributed by atoms with van der Waals surface area (Å²) in [5.74, 6) is 2.72. The Hall–Kier alpha value is -2.58. The largest absolute Gasteiger partial charge is 0.497 e. The van der Waals surface area contributed by atoms with E-state index < -0.39 is 0 Å². The van der Waals surface area contributed by atoms with Gasteiger partial charge in [-0.1, -0.05) is 31.1 Å². The number of nitrogens with zero attached hydrogens (tertiary/aromatic N) is 3. The minimum Gasteiger partial charge on any atom is -0.497 e. The van der Waals surface area contributed by atoms with E-state index in [0.717, 1.165) is 56.0 Å². The van der Waals surface area contributed by atoms with Crippen LogP contribution in [-0.2, 0) is 11.3 Å². The van der Waals surface area contributed by atoms with Crippen molar-refractivity contribution in [3.8, 4) is 5.75 Å². The molecule has 0 amide bonds. The van der Waals surface area contributed by atoms with Crippen molar-refractivity contribution in [3.05, 3.63) is 47.3 Å². The molecule has 3 rings (SSSR count). The van der Waals surface area contributed by atoms with Gasteiger partial charge in [-0.15, -0.1) is 0 Å². The van der Waals surface area contributed by atoms with Crippen molar-refractivity contribution >= 4 is 5.96 Å². The number of nitrogens with one attached hydrogen (secondary N) is 2. The number of rotatable bonds is 8. The summed E-state index contributed by atoms with van der Waals surface area (Å²) in [7, 11) is 3.46. The first-order chi connectivity index (χ1) is 14.6. The van der Waals surface area contributed by atoms with Gasteiger partial charge in [-0.25, -0.2) is 0 Å². The first kappa shape index (κ1) is 22.1. The second-order valence-electron chi connectivity index (χ2n) is 7.62. The van der Waals surface area contributed by atoms with Crippen molar-refractivity contribution < 1.29 is 14.0 Å². The molecule has 1 aromatic heterocycles. The summed E-state index contributed by atoms with van der Waals surface area (Å²) in [4.78, 5) is 6.79. The van der Waals surface area contributed by atoms with Crippen LogP contribution in [0.1, 0.15) is 42.8 Å². The number of methoxy groups -OCH3 is 1. The highest BCUT2D eigenvalue weighted by molar-refractivity contribution is 5.79. The molecule has 0 bridgehead atoms. The van der Waals surface area contributed by atoms with Crippen molar-refractivity contribution in [1.82, 2.24) is 20.7 Å². The monoisotopic (exact) mass is 415 g/mol. The first-order valence-electron chi connectivity index (χ1n) is 10.5. The van der Waals surface area contributed by atoms with Crippen LogP contribution in [0.2, 0.25) is 0 Å². The molecule has 1 fully saturated rings. The van der Waals surface area contributed by atoms with Crippen molar-refractivity contribution in [1.29, 1.82) is 0 Å². The van der Waals surface area contributed by atoms with E-state index in [1.807, 2.05) is 18.2 Å². The van der Waals surface area contributed by atoms with Crippen LogP contribution in [0.3, 0.4) is 0 Å². The van der Waals surface area contributed by atoms with Crippen LogP contribution in [0.4, 0.5) is 0 Å². The quantitative estimate of drug-likeness (QED) is 0.506. The average Bonchev–Trinajstić information content (AvgIpc) is 3.26. The predicted octanol–water partition coefficient (Wildman–Crippen LogP) is 2.55. The summed E-state index contributed by atoms with van der Waals surface area (Å²) in [5, 5.41) is 10.9. The molecule has 0 radical (unpaired) electrons. The van der Waals surface area contributed by atoms with Crippen LogP contribution in [0.5, 0.6) is 5.75 Å². The molecule has 2 heterocycles. The van der Waals surface area contributed by atoms with Crippen LogP contribution >= 0.6 is 0 Å². The topological polar surface area (TPSA) is 84.2 Å². The van der Waals surface area contributed by atoms with Gasteiger partial charge in [0.25, 0.3) is 0 Å². The molecule has 2 aromatic rings. The highest BCUT2D eigenvalue weighted by Crippen LogP contribution is 2.23. The Morgan fingerprint density at radius 2 is 1.93 bits per heavy atom. The number of morpholine rings is 1. The standard InChI is InChI=1S/C22H33N5O3/c1-16(2)20-13-19(30-26-20)14-24-22(23-3)25-15-21(27-9-11-29-12-10-27)17-5-7-18(28-4)8-6-17/h5-8,13,16,21H,9-12,14-15H2,1-4H3,(H2,23,24,25). The summed E-state index contributed by atoms with van der Waals surface area (Å²) in [6, 6.07) is 10.4. The molecule has 1 unspecified atom stereocenters. The lowest BCUT2D eigenvalue weighted by molar-refractivity contribution is 0.0170. The number of hydrogen-bond donors (Lipinski definition) is 2. The van der Waals surface area contributed by atoms with Gasteiger partial charge >= 0.3 is 0 Å². The number of aromatic nitrogens is 1. The summed E-state index contributed by atoms with van der Waals surface area (Å²) in [6.07, 6.45) is 0. The lowest BCUT2D eigenvalue weighted by Crippen LogP contribution is -2.46. The molecule has 1 atom stereocenters. The molecule has 8 nitrogen and oxygen atoms in total. The number of benzene rings is 1. The van der Waals surface area contributed by atoms with E-state index in [1.54, 1.807) is 14.2 Å². The molecular weight excluding hydrogens is 382 g/mol. The molecule has 0 spiro atoms. The fourth-order valence-electron chi connectivity index (χ4n) is 3.44. The second-order valence-corrected chi connectivity index (χ2v) is 7.62. The number of hydrogen-bond acceptors (Lipinski definition) is 6. The summed E-state index contributed by atoms with van der Waals surface area (Å²) >= 11 is 0. The Morgan fingerprint density at radius 3 is 2.53 bits per heavy atom. The molecule has 2 N–H and O–H groups in total. The maximum absolute atomic E-state index is 5.54.